The van der Waals surface area contributed by atoms with Crippen molar-refractivity contribution >= 4 is 75.5 Å². The van der Waals surface area contributed by atoms with Gasteiger partial charge in [-0.3, -0.25) is 71.0 Å². The van der Waals surface area contributed by atoms with Crippen molar-refractivity contribution in [3.63, 3.8) is 0 Å². The van der Waals surface area contributed by atoms with Gasteiger partial charge in [0.25, 0.3) is 22.2 Å². The molecule has 4 aromatic heterocycles. The maximum atomic E-state index is 12.2. The lowest BCUT2D eigenvalue weighted by atomic mass is 10.1. The third-order valence-corrected chi connectivity index (χ3v) is 23.6. The molecule has 9 heterocycles. The smallest absolute Gasteiger partial charge is 0.394 e. The summed E-state index contributed by atoms with van der Waals surface area (Å²) in [7, 11) is -32.4. The van der Waals surface area contributed by atoms with E-state index in [1.165, 1.54) is 40.1 Å². The average Bonchev–Trinajstić information content (AvgIpc) is 1.33. The largest absolute Gasteiger partial charge is 0.492 e. The Morgan fingerprint density at radius 2 is 0.727 bits per heavy atom. The lowest BCUT2D eigenvalue weighted by Gasteiger charge is -2.27. The Bertz CT molecular complexity index is 4440. The zero-order chi connectivity index (χ0) is 74.9. The standard InChI is InChI=1S/C10H13Cl2N2O7P.C10H17N2O15P3.C10H15N2O14P3.C10H14N2O6/c1-4-2-14(10(18)13-8(4)17)9-7(16)6(15)5(21-9)3-20-22(11,12)19;1-4-2-12(10(16)11-8(4)15)9-7(14)6(13)5(25-9)3-24-29(20,21)27-30(22,23)26-28(17,18)19;1-4-2-12(10(16)11-8(4)15)9-7(14)6(13)5(23-9)3-22-29(21)25-27(17,18)24-28(19,20)26-29;1-4-2-12(10(17)11-8(4)16)9-7(15)6(14)5(3-13)18-9/h2,5-7,9,15-16H,3H2,1H3,(H,13,17,18);2,5-7,9,13-14H,3H2,1H3,(H,20,21)(H,22,23)(H,11,15,16)(H2,17,18,19);2,5-7,9,13-14H,3H2,1H3,(H,17,18)(H,19,20)(H,11,15,16);2,5-7,9,13-15H,3H2,1H3,(H,11,16,17)/t4*5-,6?,7+,9-/m1111/s1. The summed E-state index contributed by atoms with van der Waals surface area (Å²) in [5.74, 6) is 0. The zero-order valence-corrected chi connectivity index (χ0v) is 57.6. The molecule has 5 saturated heterocycles. The molecule has 0 spiro atoms. The normalized spacial score (nSPS) is 33.5. The Morgan fingerprint density at radius 1 is 0.444 bits per heavy atom. The molecule has 8 unspecified atom stereocenters. The molecule has 4 aromatic rings. The second-order valence-electron chi connectivity index (χ2n) is 20.8. The summed E-state index contributed by atoms with van der Waals surface area (Å²) in [6.45, 7) is 2.78. The van der Waals surface area contributed by atoms with Crippen LogP contribution in [0.1, 0.15) is 47.2 Å². The minimum Gasteiger partial charge on any atom is -0.394 e. The quantitative estimate of drug-likeness (QED) is 0.0413. The van der Waals surface area contributed by atoms with E-state index in [2.05, 4.69) is 45.1 Å². The number of hydrogen-bond donors (Lipinski definition) is 19. The van der Waals surface area contributed by atoms with Crippen LogP contribution in [0.2, 0.25) is 0 Å². The van der Waals surface area contributed by atoms with Crippen LogP contribution in [0.3, 0.4) is 0 Å². The third kappa shape index (κ3) is 22.0. The first-order valence-electron chi connectivity index (χ1n) is 26.7. The van der Waals surface area contributed by atoms with Crippen molar-refractivity contribution in [2.75, 3.05) is 26.4 Å². The number of phosphoric ester groups is 1. The van der Waals surface area contributed by atoms with Gasteiger partial charge in [0.05, 0.1) is 26.4 Å². The van der Waals surface area contributed by atoms with Gasteiger partial charge in [0.1, 0.15) is 73.2 Å². The van der Waals surface area contributed by atoms with Crippen molar-refractivity contribution < 1.29 is 161 Å². The Hall–Kier alpha value is -4.17. The number of aliphatic hydroxyl groups excluding tert-OH is 9. The molecular formula is C40H59Cl2N8O42P7. The van der Waals surface area contributed by atoms with Crippen LogP contribution in [0.4, 0.5) is 0 Å². The van der Waals surface area contributed by atoms with Gasteiger partial charge in [0, 0.05) is 47.0 Å². The van der Waals surface area contributed by atoms with Crippen LogP contribution in [-0.4, -0.2) is 213 Å². The minimum atomic E-state index is -5.73. The molecule has 5 aliphatic heterocycles. The van der Waals surface area contributed by atoms with E-state index in [9.17, 15) is 116 Å². The number of ether oxygens (including phenoxy) is 4. The molecule has 560 valence electrons. The van der Waals surface area contributed by atoms with Gasteiger partial charge >= 0.3 is 75.8 Å². The summed E-state index contributed by atoms with van der Waals surface area (Å²) in [4.78, 5) is 154. The first-order valence-corrected chi connectivity index (χ1v) is 39.1. The molecule has 0 saturated carbocycles. The molecular weight excluding hydrogens is 1550 g/mol. The van der Waals surface area contributed by atoms with Gasteiger partial charge in [-0.25, -0.2) is 46.6 Å². The SMILES string of the molecule is Cc1cn([C@@H]2O[C@H](CO)C(O)[C@@H]2O)c(=O)[nH]c1=O.Cc1cn([C@@H]2O[C@H](COP(=O)(Cl)Cl)C(O)[C@@H]2O)c(=O)[nH]c1=O.Cc1cn([C@@H]2O[C@H](COP(=O)(O)OP(=O)(O)OP(=O)(O)O)C(O)[C@@H]2O)c(=O)[nH]c1=O.Cc1cn([C@@H]2O[C@H](COP3(=O)OP(=O)(O)OP(=O)(O)O3)C(O)[C@@H]2O)c(=O)[nH]c1=O. The number of aryl methyl sites for hydroxylation is 4. The number of nitrogens with zero attached hydrogens (tertiary/aromatic N) is 4. The van der Waals surface area contributed by atoms with Gasteiger partial charge in [-0.15, -0.1) is 0 Å². The predicted molar refractivity (Wildman–Crippen MR) is 317 cm³/mol. The molecule has 9 rings (SSSR count). The van der Waals surface area contributed by atoms with Gasteiger partial charge in [-0.2, -0.15) is 21.6 Å². The summed E-state index contributed by atoms with van der Waals surface area (Å²) in [6, 6.07) is 0. The molecule has 5 aliphatic rings. The van der Waals surface area contributed by atoms with Crippen LogP contribution in [0.5, 0.6) is 0 Å². The van der Waals surface area contributed by atoms with Gasteiger partial charge in [0.2, 0.25) is 0 Å². The van der Waals surface area contributed by atoms with E-state index in [-0.39, 0.29) is 22.3 Å². The second kappa shape index (κ2) is 32.5. The summed E-state index contributed by atoms with van der Waals surface area (Å²) in [5.41, 5.74) is -5.32. The van der Waals surface area contributed by atoms with Crippen molar-refractivity contribution in [1.29, 1.82) is 0 Å². The van der Waals surface area contributed by atoms with Crippen LogP contribution < -0.4 is 45.0 Å². The molecule has 50 nitrogen and oxygen atoms in total. The van der Waals surface area contributed by atoms with Crippen molar-refractivity contribution in [1.82, 2.24) is 38.2 Å². The number of halogens is 2. The number of aromatic nitrogens is 8. The van der Waals surface area contributed by atoms with Gasteiger partial charge in [-0.05, 0) is 50.2 Å². The topological polar surface area (TPSA) is 753 Å². The zero-order valence-electron chi connectivity index (χ0n) is 49.8. The Balaban J connectivity index is 0.000000212. The number of aromatic amines is 4. The maximum Gasteiger partial charge on any atom is 0.492 e. The monoisotopic (exact) mass is 1610 g/mol. The Kier molecular flexibility index (Phi) is 27.5. The molecule has 0 radical (unpaired) electrons. The Morgan fingerprint density at radius 3 is 1.01 bits per heavy atom. The second-order valence-corrected chi connectivity index (χ2v) is 34.5. The fraction of sp³-hybridized carbons (Fsp3) is 0.600. The maximum absolute atomic E-state index is 12.2. The molecule has 5 fully saturated rings. The van der Waals surface area contributed by atoms with E-state index in [0.717, 1.165) is 30.7 Å². The van der Waals surface area contributed by atoms with Crippen LogP contribution in [-0.2, 0) is 86.0 Å². The van der Waals surface area contributed by atoms with E-state index in [4.69, 9.17) is 71.0 Å². The number of aliphatic hydroxyl groups is 9. The molecule has 59 heteroatoms. The number of rotatable bonds is 18. The minimum absolute atomic E-state index is 0.0663. The van der Waals surface area contributed by atoms with Crippen molar-refractivity contribution in [3.8, 4) is 0 Å². The van der Waals surface area contributed by atoms with E-state index >= 15 is 0 Å². The first-order chi connectivity index (χ1) is 45.3. The molecule has 20 atom stereocenters. The lowest BCUT2D eigenvalue weighted by molar-refractivity contribution is -0.0551. The fourth-order valence-corrected chi connectivity index (χ4v) is 17.4. The number of phosphoric acid groups is 6. The van der Waals surface area contributed by atoms with Crippen LogP contribution in [0.25, 0.3) is 0 Å². The molecule has 0 aliphatic carbocycles. The van der Waals surface area contributed by atoms with Crippen molar-refractivity contribution in [2.24, 2.45) is 0 Å². The lowest BCUT2D eigenvalue weighted by Crippen LogP contribution is -2.38. The first kappa shape index (κ1) is 83.8. The van der Waals surface area contributed by atoms with E-state index < -0.39 is 223 Å². The summed E-state index contributed by atoms with van der Waals surface area (Å²) in [5, 5.41) is 88.4. The van der Waals surface area contributed by atoms with Gasteiger partial charge in [-0.1, -0.05) is 0 Å². The van der Waals surface area contributed by atoms with Crippen molar-refractivity contribution in [2.45, 2.75) is 126 Å². The average molecular weight is 1610 g/mol. The highest BCUT2D eigenvalue weighted by Gasteiger charge is 2.56. The van der Waals surface area contributed by atoms with E-state index in [1.54, 1.807) is 0 Å². The third-order valence-electron chi connectivity index (χ3n) is 13.4. The molecule has 0 amide bonds. The highest BCUT2D eigenvalue weighted by atomic mass is 35.9. The molecule has 99 heavy (non-hydrogen) atoms. The van der Waals surface area contributed by atoms with E-state index in [0.29, 0.717) is 0 Å². The molecule has 19 N–H and O–H groups in total. The van der Waals surface area contributed by atoms with Crippen LogP contribution in [0, 0.1) is 27.7 Å². The summed E-state index contributed by atoms with van der Waals surface area (Å²) >= 11 is 10.4. The van der Waals surface area contributed by atoms with Crippen LogP contribution >= 0.6 is 75.5 Å². The highest BCUT2D eigenvalue weighted by Crippen LogP contribution is 2.80. The van der Waals surface area contributed by atoms with Crippen molar-refractivity contribution in [3.05, 3.63) is 130 Å². The van der Waals surface area contributed by atoms with Crippen LogP contribution in [0.15, 0.2) is 63.1 Å². The highest BCUT2D eigenvalue weighted by molar-refractivity contribution is 8.05. The predicted octanol–water partition coefficient (Wildman–Crippen LogP) is -5.82. The number of H-pyrrole nitrogens is 4. The number of nitrogens with one attached hydrogen (secondary N) is 4. The van der Waals surface area contributed by atoms with E-state index in [1.807, 2.05) is 9.97 Å². The molecule has 0 bridgehead atoms. The Labute approximate surface area is 555 Å². The van der Waals surface area contributed by atoms with Gasteiger partial charge < -0.3 is 98.8 Å². The number of hydrogen-bond acceptors (Lipinski definition) is 36. The fourth-order valence-electron chi connectivity index (χ4n) is 8.77. The van der Waals surface area contributed by atoms with Gasteiger partial charge in [0.15, 0.2) is 24.9 Å². The summed E-state index contributed by atoms with van der Waals surface area (Å²) in [6.07, 6.45) is -22.4. The summed E-state index contributed by atoms with van der Waals surface area (Å²) < 4.78 is 136. The molecule has 0 aromatic carbocycles.